The Balaban J connectivity index is 2.85. The molecule has 5 nitrogen and oxygen atoms in total. The highest BCUT2D eigenvalue weighted by molar-refractivity contribution is 7.89. The average molecular weight is 324 g/mol. The highest BCUT2D eigenvalue weighted by atomic mass is 35.5. The first kappa shape index (κ1) is 17.2. The predicted octanol–water partition coefficient (Wildman–Crippen LogP) is 1.68. The summed E-state index contributed by atoms with van der Waals surface area (Å²) in [5.41, 5.74) is 5.59. The van der Waals surface area contributed by atoms with Gasteiger partial charge in [0.15, 0.2) is 5.82 Å². The first-order chi connectivity index (χ1) is 9.31. The van der Waals surface area contributed by atoms with E-state index in [0.717, 1.165) is 19.2 Å². The van der Waals surface area contributed by atoms with E-state index in [4.69, 9.17) is 17.3 Å². The van der Waals surface area contributed by atoms with Crippen LogP contribution in [0.5, 0.6) is 0 Å². The van der Waals surface area contributed by atoms with E-state index in [1.807, 2.05) is 18.7 Å². The molecule has 0 spiro atoms. The number of anilines is 1. The van der Waals surface area contributed by atoms with Crippen LogP contribution >= 0.6 is 11.6 Å². The van der Waals surface area contributed by atoms with Gasteiger partial charge in [0.25, 0.3) is 0 Å². The Morgan fingerprint density at radius 1 is 1.35 bits per heavy atom. The summed E-state index contributed by atoms with van der Waals surface area (Å²) in [6.45, 7) is 6.33. The quantitative estimate of drug-likeness (QED) is 0.749. The minimum Gasteiger partial charge on any atom is -0.399 e. The van der Waals surface area contributed by atoms with Crippen LogP contribution in [0.2, 0.25) is 5.02 Å². The molecule has 1 aromatic rings. The van der Waals surface area contributed by atoms with Gasteiger partial charge >= 0.3 is 0 Å². The van der Waals surface area contributed by atoms with Crippen molar-refractivity contribution in [1.29, 1.82) is 0 Å². The zero-order valence-corrected chi connectivity index (χ0v) is 13.1. The molecule has 0 heterocycles. The highest BCUT2D eigenvalue weighted by Gasteiger charge is 2.21. The van der Waals surface area contributed by atoms with Gasteiger partial charge in [-0.3, -0.25) is 0 Å². The van der Waals surface area contributed by atoms with Crippen molar-refractivity contribution in [2.24, 2.45) is 0 Å². The maximum atomic E-state index is 13.8. The van der Waals surface area contributed by atoms with Crippen LogP contribution in [0.15, 0.2) is 17.0 Å². The minimum atomic E-state index is -3.96. The van der Waals surface area contributed by atoms with Crippen molar-refractivity contribution >= 4 is 27.3 Å². The number of rotatable bonds is 7. The van der Waals surface area contributed by atoms with Crippen molar-refractivity contribution in [3.8, 4) is 0 Å². The summed E-state index contributed by atoms with van der Waals surface area (Å²) in [5, 5.41) is -0.311. The molecule has 0 aliphatic heterocycles. The monoisotopic (exact) mass is 323 g/mol. The van der Waals surface area contributed by atoms with E-state index in [1.54, 1.807) is 0 Å². The Hall–Kier alpha value is -0.890. The third-order valence-corrected chi connectivity index (χ3v) is 4.66. The van der Waals surface area contributed by atoms with Gasteiger partial charge in [0.05, 0.1) is 5.02 Å². The van der Waals surface area contributed by atoms with Crippen LogP contribution in [-0.4, -0.2) is 39.5 Å². The lowest BCUT2D eigenvalue weighted by molar-refractivity contribution is 0.309. The number of hydrogen-bond donors (Lipinski definition) is 2. The molecule has 114 valence electrons. The van der Waals surface area contributed by atoms with Crippen molar-refractivity contribution < 1.29 is 12.8 Å². The molecule has 0 aliphatic rings. The first-order valence-corrected chi connectivity index (χ1v) is 8.14. The Labute approximate surface area is 124 Å². The molecular formula is C12H19ClFN3O2S. The number of likely N-dealkylation sites (N-methyl/N-ethyl adjacent to an activating group) is 1. The number of halogens is 2. The van der Waals surface area contributed by atoms with Crippen molar-refractivity contribution in [3.63, 3.8) is 0 Å². The molecular weight excluding hydrogens is 305 g/mol. The number of sulfonamides is 1. The number of hydrogen-bond acceptors (Lipinski definition) is 4. The molecule has 0 unspecified atom stereocenters. The van der Waals surface area contributed by atoms with E-state index in [0.29, 0.717) is 6.54 Å². The lowest BCUT2D eigenvalue weighted by atomic mass is 10.3. The summed E-state index contributed by atoms with van der Waals surface area (Å²) in [5.74, 6) is -0.990. The number of benzene rings is 1. The second-order valence-corrected chi connectivity index (χ2v) is 6.38. The zero-order valence-electron chi connectivity index (χ0n) is 11.5. The zero-order chi connectivity index (χ0) is 15.3. The maximum Gasteiger partial charge on any atom is 0.243 e. The molecule has 3 N–H and O–H groups in total. The van der Waals surface area contributed by atoms with E-state index < -0.39 is 20.7 Å². The average Bonchev–Trinajstić information content (AvgIpc) is 2.38. The Morgan fingerprint density at radius 3 is 2.50 bits per heavy atom. The van der Waals surface area contributed by atoms with Crippen LogP contribution in [0.3, 0.4) is 0 Å². The summed E-state index contributed by atoms with van der Waals surface area (Å²) in [6.07, 6.45) is 0. The molecule has 0 aliphatic carbocycles. The molecule has 0 aromatic heterocycles. The SMILES string of the molecule is CCN(CC)CCNS(=O)(=O)c1cc(N)cc(Cl)c1F. The van der Waals surface area contributed by atoms with E-state index >= 15 is 0 Å². The van der Waals surface area contributed by atoms with E-state index in [2.05, 4.69) is 4.72 Å². The van der Waals surface area contributed by atoms with E-state index in [1.165, 1.54) is 6.07 Å². The second kappa shape index (κ2) is 7.21. The van der Waals surface area contributed by atoms with Gasteiger partial charge in [-0.15, -0.1) is 0 Å². The second-order valence-electron chi connectivity index (χ2n) is 4.24. The molecule has 0 saturated heterocycles. The Kier molecular flexibility index (Phi) is 6.19. The Morgan fingerprint density at radius 2 is 1.95 bits per heavy atom. The molecule has 0 bridgehead atoms. The lowest BCUT2D eigenvalue weighted by Gasteiger charge is -2.18. The smallest absolute Gasteiger partial charge is 0.243 e. The molecule has 8 heteroatoms. The van der Waals surface area contributed by atoms with Crippen LogP contribution in [-0.2, 0) is 10.0 Å². The molecule has 1 rings (SSSR count). The molecule has 0 radical (unpaired) electrons. The molecule has 0 amide bonds. The van der Waals surface area contributed by atoms with Gasteiger partial charge < -0.3 is 10.6 Å². The maximum absolute atomic E-state index is 13.8. The minimum absolute atomic E-state index is 0.0977. The van der Waals surface area contributed by atoms with Crippen molar-refractivity contribution in [3.05, 3.63) is 23.0 Å². The summed E-state index contributed by atoms with van der Waals surface area (Å²) < 4.78 is 40.2. The van der Waals surface area contributed by atoms with Crippen LogP contribution in [0, 0.1) is 5.82 Å². The number of nitrogens with two attached hydrogens (primary N) is 1. The van der Waals surface area contributed by atoms with Crippen molar-refractivity contribution in [2.45, 2.75) is 18.7 Å². The molecule has 20 heavy (non-hydrogen) atoms. The molecule has 0 atom stereocenters. The van der Waals surface area contributed by atoms with Crippen molar-refractivity contribution in [2.75, 3.05) is 31.9 Å². The topological polar surface area (TPSA) is 75.4 Å². The number of nitrogen functional groups attached to an aromatic ring is 1. The van der Waals surface area contributed by atoms with Gasteiger partial charge in [0.1, 0.15) is 4.90 Å². The van der Waals surface area contributed by atoms with Crippen LogP contribution in [0.25, 0.3) is 0 Å². The van der Waals surface area contributed by atoms with E-state index in [-0.39, 0.29) is 17.3 Å². The molecule has 0 saturated carbocycles. The van der Waals surface area contributed by atoms with Crippen LogP contribution in [0.4, 0.5) is 10.1 Å². The fraction of sp³-hybridized carbons (Fsp3) is 0.500. The third kappa shape index (κ3) is 4.31. The fourth-order valence-electron chi connectivity index (χ4n) is 1.74. The van der Waals surface area contributed by atoms with Gasteiger partial charge in [0.2, 0.25) is 10.0 Å². The summed E-state index contributed by atoms with van der Waals surface area (Å²) >= 11 is 5.60. The fourth-order valence-corrected chi connectivity index (χ4v) is 3.17. The first-order valence-electron chi connectivity index (χ1n) is 6.28. The van der Waals surface area contributed by atoms with Gasteiger partial charge in [-0.2, -0.15) is 0 Å². The molecule has 0 fully saturated rings. The summed E-state index contributed by atoms with van der Waals surface area (Å²) in [4.78, 5) is 1.52. The predicted molar refractivity (Wildman–Crippen MR) is 78.8 cm³/mol. The summed E-state index contributed by atoms with van der Waals surface area (Å²) in [6, 6.07) is 2.23. The van der Waals surface area contributed by atoms with Gasteiger partial charge in [0, 0.05) is 18.8 Å². The standard InChI is InChI=1S/C12H19ClFN3O2S/c1-3-17(4-2)6-5-16-20(18,19)11-8-9(15)7-10(13)12(11)14/h7-8,16H,3-6,15H2,1-2H3. The normalized spacial score (nSPS) is 12.1. The van der Waals surface area contributed by atoms with Crippen LogP contribution in [0.1, 0.15) is 13.8 Å². The van der Waals surface area contributed by atoms with Gasteiger partial charge in [-0.25, -0.2) is 17.5 Å². The van der Waals surface area contributed by atoms with Crippen LogP contribution < -0.4 is 10.5 Å². The van der Waals surface area contributed by atoms with Gasteiger partial charge in [-0.1, -0.05) is 25.4 Å². The number of nitrogens with one attached hydrogen (secondary N) is 1. The highest BCUT2D eigenvalue weighted by Crippen LogP contribution is 2.25. The van der Waals surface area contributed by atoms with E-state index in [9.17, 15) is 12.8 Å². The van der Waals surface area contributed by atoms with Crippen molar-refractivity contribution in [1.82, 2.24) is 9.62 Å². The third-order valence-electron chi connectivity index (χ3n) is 2.92. The lowest BCUT2D eigenvalue weighted by Crippen LogP contribution is -2.35. The molecule has 1 aromatic carbocycles. The number of nitrogens with zero attached hydrogens (tertiary/aromatic N) is 1. The van der Waals surface area contributed by atoms with Gasteiger partial charge in [-0.05, 0) is 25.2 Å². The Bertz CT molecular complexity index is 562. The summed E-state index contributed by atoms with van der Waals surface area (Å²) in [7, 11) is -3.96. The largest absolute Gasteiger partial charge is 0.399 e.